The number of benzene rings is 2. The molecule has 1 amide bonds. The van der Waals surface area contributed by atoms with Crippen molar-refractivity contribution in [2.45, 2.75) is 30.2 Å². The van der Waals surface area contributed by atoms with Crippen molar-refractivity contribution in [3.8, 4) is 5.75 Å². The van der Waals surface area contributed by atoms with Gasteiger partial charge in [-0.1, -0.05) is 6.07 Å². The smallest absolute Gasteiger partial charge is 0.251 e. The van der Waals surface area contributed by atoms with E-state index in [-0.39, 0.29) is 40.6 Å². The third-order valence-corrected chi connectivity index (χ3v) is 6.21. The summed E-state index contributed by atoms with van der Waals surface area (Å²) in [6.45, 7) is 0. The number of methoxy groups -OCH3 is 1. The number of amides is 1. The fourth-order valence-electron chi connectivity index (χ4n) is 3.36. The average Bonchev–Trinajstić information content (AvgIpc) is 2.67. The maximum Gasteiger partial charge on any atom is 0.251 e. The van der Waals surface area contributed by atoms with Crippen LogP contribution >= 0.6 is 12.4 Å². The summed E-state index contributed by atoms with van der Waals surface area (Å²) in [5, 5.41) is 3.01. The highest BCUT2D eigenvalue weighted by Crippen LogP contribution is 2.31. The summed E-state index contributed by atoms with van der Waals surface area (Å²) in [4.78, 5) is 12.7. The fourth-order valence-corrected chi connectivity index (χ4v) is 4.28. The molecule has 0 radical (unpaired) electrons. The standard InChI is InChI=1S/C19H23N3O4S.ClH/c1-21-27(24,25)18-11-13(6-9-17(18)26-2)19(23)22-16-5-3-4-12-10-14(20)7-8-15(12)16;/h6-11,16,21H,3-5,20H2,1-2H3,(H,22,23);1H. The molecule has 28 heavy (non-hydrogen) atoms. The third-order valence-electron chi connectivity index (χ3n) is 4.77. The number of carbonyl (C=O) groups excluding carboxylic acids is 1. The normalized spacial score (nSPS) is 15.9. The molecule has 0 saturated heterocycles. The van der Waals surface area contributed by atoms with E-state index in [1.54, 1.807) is 6.07 Å². The van der Waals surface area contributed by atoms with E-state index in [4.69, 9.17) is 10.5 Å². The molecule has 0 saturated carbocycles. The molecule has 0 heterocycles. The Labute approximate surface area is 171 Å². The number of sulfonamides is 1. The summed E-state index contributed by atoms with van der Waals surface area (Å²) in [6, 6.07) is 9.94. The van der Waals surface area contributed by atoms with Crippen LogP contribution in [-0.4, -0.2) is 28.5 Å². The van der Waals surface area contributed by atoms with E-state index in [0.717, 1.165) is 30.4 Å². The average molecular weight is 426 g/mol. The van der Waals surface area contributed by atoms with Gasteiger partial charge < -0.3 is 15.8 Å². The number of hydrogen-bond donors (Lipinski definition) is 3. The van der Waals surface area contributed by atoms with Gasteiger partial charge in [-0.15, -0.1) is 12.4 Å². The van der Waals surface area contributed by atoms with Gasteiger partial charge in [-0.3, -0.25) is 4.79 Å². The number of fused-ring (bicyclic) bond motifs is 1. The molecule has 9 heteroatoms. The number of nitrogen functional groups attached to an aromatic ring is 1. The second-order valence-corrected chi connectivity index (χ2v) is 8.30. The van der Waals surface area contributed by atoms with Gasteiger partial charge in [-0.25, -0.2) is 13.1 Å². The first-order valence-electron chi connectivity index (χ1n) is 8.66. The number of carbonyl (C=O) groups is 1. The Morgan fingerprint density at radius 2 is 1.96 bits per heavy atom. The van der Waals surface area contributed by atoms with Crippen LogP contribution in [0.5, 0.6) is 5.75 Å². The van der Waals surface area contributed by atoms with Crippen LogP contribution in [0.3, 0.4) is 0 Å². The molecule has 1 atom stereocenters. The van der Waals surface area contributed by atoms with Crippen LogP contribution in [-0.2, 0) is 16.4 Å². The van der Waals surface area contributed by atoms with Gasteiger partial charge in [0, 0.05) is 11.3 Å². The monoisotopic (exact) mass is 425 g/mol. The predicted octanol–water partition coefficient (Wildman–Crippen LogP) is 2.41. The molecule has 0 aliphatic heterocycles. The van der Waals surface area contributed by atoms with Crippen LogP contribution in [0.25, 0.3) is 0 Å². The molecule has 2 aromatic carbocycles. The molecule has 2 aromatic rings. The minimum absolute atomic E-state index is 0. The van der Waals surface area contributed by atoms with Crippen LogP contribution in [0.4, 0.5) is 5.69 Å². The summed E-state index contributed by atoms with van der Waals surface area (Å²) >= 11 is 0. The van der Waals surface area contributed by atoms with Gasteiger partial charge in [0.15, 0.2) is 0 Å². The van der Waals surface area contributed by atoms with Crippen molar-refractivity contribution < 1.29 is 17.9 Å². The van der Waals surface area contributed by atoms with Gasteiger partial charge in [-0.05, 0) is 67.8 Å². The number of nitrogens with one attached hydrogen (secondary N) is 2. The number of hydrogen-bond acceptors (Lipinski definition) is 5. The number of rotatable bonds is 5. The summed E-state index contributed by atoms with van der Waals surface area (Å²) in [6.07, 6.45) is 2.70. The van der Waals surface area contributed by atoms with E-state index in [9.17, 15) is 13.2 Å². The van der Waals surface area contributed by atoms with E-state index >= 15 is 0 Å². The van der Waals surface area contributed by atoms with Gasteiger partial charge in [0.25, 0.3) is 5.91 Å². The lowest BCUT2D eigenvalue weighted by Gasteiger charge is -2.27. The minimum Gasteiger partial charge on any atom is -0.495 e. The molecular formula is C19H24ClN3O4S. The lowest BCUT2D eigenvalue weighted by atomic mass is 9.87. The van der Waals surface area contributed by atoms with Crippen LogP contribution in [0, 0.1) is 0 Å². The Morgan fingerprint density at radius 1 is 1.21 bits per heavy atom. The van der Waals surface area contributed by atoms with Gasteiger partial charge >= 0.3 is 0 Å². The number of nitrogens with two attached hydrogens (primary N) is 1. The van der Waals surface area contributed by atoms with Gasteiger partial charge in [0.1, 0.15) is 10.6 Å². The predicted molar refractivity (Wildman–Crippen MR) is 110 cm³/mol. The summed E-state index contributed by atoms with van der Waals surface area (Å²) in [7, 11) is -1.06. The van der Waals surface area contributed by atoms with Crippen molar-refractivity contribution in [1.82, 2.24) is 10.0 Å². The SMILES string of the molecule is CNS(=O)(=O)c1cc(C(=O)NC2CCCc3cc(N)ccc32)ccc1OC.Cl. The van der Waals surface area contributed by atoms with E-state index in [1.807, 2.05) is 18.2 Å². The highest BCUT2D eigenvalue weighted by atomic mass is 35.5. The van der Waals surface area contributed by atoms with Gasteiger partial charge in [-0.2, -0.15) is 0 Å². The van der Waals surface area contributed by atoms with Crippen molar-refractivity contribution in [1.29, 1.82) is 0 Å². The third kappa shape index (κ3) is 4.40. The van der Waals surface area contributed by atoms with E-state index in [1.165, 1.54) is 26.3 Å². The van der Waals surface area contributed by atoms with Gasteiger partial charge in [0.05, 0.1) is 13.2 Å². The molecule has 7 nitrogen and oxygen atoms in total. The van der Waals surface area contributed by atoms with E-state index < -0.39 is 10.0 Å². The molecule has 3 rings (SSSR count). The second kappa shape index (κ2) is 8.81. The summed E-state index contributed by atoms with van der Waals surface area (Å²) < 4.78 is 31.8. The van der Waals surface area contributed by atoms with Gasteiger partial charge in [0.2, 0.25) is 10.0 Å². The topological polar surface area (TPSA) is 111 Å². The summed E-state index contributed by atoms with van der Waals surface area (Å²) in [5.41, 5.74) is 9.01. The molecule has 0 fully saturated rings. The van der Waals surface area contributed by atoms with Crippen LogP contribution in [0.1, 0.15) is 40.4 Å². The fraction of sp³-hybridized carbons (Fsp3) is 0.316. The summed E-state index contributed by atoms with van der Waals surface area (Å²) in [5.74, 6) is -0.153. The zero-order valence-corrected chi connectivity index (χ0v) is 17.3. The zero-order valence-electron chi connectivity index (χ0n) is 15.7. The van der Waals surface area contributed by atoms with Crippen molar-refractivity contribution >= 4 is 34.0 Å². The van der Waals surface area contributed by atoms with Crippen molar-refractivity contribution in [3.63, 3.8) is 0 Å². The maximum atomic E-state index is 12.8. The number of halogens is 1. The van der Waals surface area contributed by atoms with E-state index in [0.29, 0.717) is 5.69 Å². The second-order valence-electron chi connectivity index (χ2n) is 6.45. The number of anilines is 1. The van der Waals surface area contributed by atoms with Crippen LogP contribution in [0.2, 0.25) is 0 Å². The Balaban J connectivity index is 0.00000280. The Kier molecular flexibility index (Phi) is 6.92. The Bertz CT molecular complexity index is 979. The maximum absolute atomic E-state index is 12.8. The molecule has 4 N–H and O–H groups in total. The lowest BCUT2D eigenvalue weighted by molar-refractivity contribution is 0.0932. The molecular weight excluding hydrogens is 402 g/mol. The van der Waals surface area contributed by atoms with Crippen molar-refractivity contribution in [2.24, 2.45) is 0 Å². The molecule has 1 unspecified atom stereocenters. The Hall–Kier alpha value is -2.29. The number of aryl methyl sites for hydroxylation is 1. The highest BCUT2D eigenvalue weighted by Gasteiger charge is 2.24. The largest absolute Gasteiger partial charge is 0.495 e. The van der Waals surface area contributed by atoms with E-state index in [2.05, 4.69) is 10.0 Å². The van der Waals surface area contributed by atoms with Crippen LogP contribution in [0.15, 0.2) is 41.3 Å². The number of ether oxygens (including phenoxy) is 1. The first kappa shape index (κ1) is 22.0. The van der Waals surface area contributed by atoms with Crippen molar-refractivity contribution in [3.05, 3.63) is 53.1 Å². The molecule has 0 spiro atoms. The Morgan fingerprint density at radius 3 is 2.64 bits per heavy atom. The first-order valence-corrected chi connectivity index (χ1v) is 10.1. The quantitative estimate of drug-likeness (QED) is 0.637. The van der Waals surface area contributed by atoms with Crippen LogP contribution < -0.4 is 20.5 Å². The molecule has 1 aliphatic carbocycles. The van der Waals surface area contributed by atoms with Crippen molar-refractivity contribution in [2.75, 3.05) is 19.9 Å². The molecule has 1 aliphatic rings. The minimum atomic E-state index is -3.75. The lowest BCUT2D eigenvalue weighted by Crippen LogP contribution is -2.31. The highest BCUT2D eigenvalue weighted by molar-refractivity contribution is 7.89. The molecule has 152 valence electrons. The zero-order chi connectivity index (χ0) is 19.6. The molecule has 0 bridgehead atoms. The molecule has 0 aromatic heterocycles. The first-order chi connectivity index (χ1) is 12.9.